The molecule has 0 saturated carbocycles. The topological polar surface area (TPSA) is 73.0 Å². The maximum atomic E-state index is 12.5. The summed E-state index contributed by atoms with van der Waals surface area (Å²) in [5.74, 6) is -1.06. The highest BCUT2D eigenvalue weighted by molar-refractivity contribution is 6.35. The molecule has 3 fully saturated rings. The van der Waals surface area contributed by atoms with E-state index in [1.807, 2.05) is 11.8 Å². The van der Waals surface area contributed by atoms with E-state index >= 15 is 0 Å². The lowest BCUT2D eigenvalue weighted by atomic mass is 9.78. The van der Waals surface area contributed by atoms with Gasteiger partial charge < -0.3 is 20.0 Å². The Morgan fingerprint density at radius 2 is 1.67 bits per heavy atom. The van der Waals surface area contributed by atoms with Crippen molar-refractivity contribution in [2.75, 3.05) is 52.4 Å². The van der Waals surface area contributed by atoms with Crippen LogP contribution < -0.4 is 5.32 Å². The monoisotopic (exact) mass is 358 g/mol. The third-order valence-electron chi connectivity index (χ3n) is 5.61. The zero-order valence-electron chi connectivity index (χ0n) is 14.3. The number of carbonyl (C=O) groups excluding carboxylic acids is 3. The van der Waals surface area contributed by atoms with Gasteiger partial charge in [0.15, 0.2) is 0 Å². The van der Waals surface area contributed by atoms with Crippen LogP contribution in [0, 0.1) is 5.41 Å². The standard InChI is InChI=1S/C16H26N4O3.ClH/c1-2-18-9-10-20(15(23)14(18)22)11-13(21)19-7-4-16(5-8-19)3-6-17-12-16;/h17H,2-12H2,1H3;1H. The molecule has 3 amide bonds. The van der Waals surface area contributed by atoms with E-state index in [9.17, 15) is 14.4 Å². The van der Waals surface area contributed by atoms with E-state index in [0.717, 1.165) is 39.0 Å². The number of nitrogens with one attached hydrogen (secondary N) is 1. The summed E-state index contributed by atoms with van der Waals surface area (Å²) in [5.41, 5.74) is 0.370. The number of likely N-dealkylation sites (N-methyl/N-ethyl adjacent to an activating group) is 1. The Kier molecular flexibility index (Phi) is 6.09. The first kappa shape index (κ1) is 19.0. The van der Waals surface area contributed by atoms with Crippen molar-refractivity contribution in [1.29, 1.82) is 0 Å². The zero-order valence-corrected chi connectivity index (χ0v) is 15.1. The van der Waals surface area contributed by atoms with Crippen molar-refractivity contribution in [1.82, 2.24) is 20.0 Å². The first-order valence-corrected chi connectivity index (χ1v) is 8.61. The fourth-order valence-electron chi connectivity index (χ4n) is 3.88. The predicted molar refractivity (Wildman–Crippen MR) is 91.8 cm³/mol. The molecule has 136 valence electrons. The van der Waals surface area contributed by atoms with Crippen LogP contribution in [0.25, 0.3) is 0 Å². The largest absolute Gasteiger partial charge is 0.341 e. The summed E-state index contributed by atoms with van der Waals surface area (Å²) in [4.78, 5) is 41.2. The third-order valence-corrected chi connectivity index (χ3v) is 5.61. The summed E-state index contributed by atoms with van der Waals surface area (Å²) in [5, 5.41) is 3.41. The van der Waals surface area contributed by atoms with E-state index in [4.69, 9.17) is 0 Å². The van der Waals surface area contributed by atoms with Crippen LogP contribution in [0.4, 0.5) is 0 Å². The molecule has 3 aliphatic rings. The summed E-state index contributed by atoms with van der Waals surface area (Å²) in [6, 6.07) is 0. The van der Waals surface area contributed by atoms with E-state index in [1.165, 1.54) is 16.2 Å². The second-order valence-corrected chi connectivity index (χ2v) is 6.92. The van der Waals surface area contributed by atoms with Crippen molar-refractivity contribution in [3.05, 3.63) is 0 Å². The van der Waals surface area contributed by atoms with Crippen molar-refractivity contribution in [2.45, 2.75) is 26.2 Å². The maximum Gasteiger partial charge on any atom is 0.312 e. The molecule has 0 unspecified atom stereocenters. The molecule has 7 nitrogen and oxygen atoms in total. The second-order valence-electron chi connectivity index (χ2n) is 6.92. The molecule has 3 rings (SSSR count). The highest BCUT2D eigenvalue weighted by Gasteiger charge is 2.39. The Morgan fingerprint density at radius 3 is 2.25 bits per heavy atom. The molecular weight excluding hydrogens is 332 g/mol. The summed E-state index contributed by atoms with van der Waals surface area (Å²) in [6.45, 7) is 7.05. The second kappa shape index (κ2) is 7.70. The predicted octanol–water partition coefficient (Wildman–Crippen LogP) is -0.299. The first-order valence-electron chi connectivity index (χ1n) is 8.61. The molecule has 8 heteroatoms. The number of carbonyl (C=O) groups is 3. The molecule has 0 aromatic carbocycles. The van der Waals surface area contributed by atoms with Gasteiger partial charge in [0.05, 0.1) is 0 Å². The van der Waals surface area contributed by atoms with Crippen LogP contribution in [0.5, 0.6) is 0 Å². The van der Waals surface area contributed by atoms with Gasteiger partial charge in [-0.3, -0.25) is 14.4 Å². The van der Waals surface area contributed by atoms with Crippen LogP contribution in [0.15, 0.2) is 0 Å². The number of hydrogen-bond acceptors (Lipinski definition) is 4. The number of piperazine rings is 1. The van der Waals surface area contributed by atoms with Gasteiger partial charge in [-0.05, 0) is 38.1 Å². The number of hydrogen-bond donors (Lipinski definition) is 1. The number of amides is 3. The molecule has 0 radical (unpaired) electrons. The molecule has 24 heavy (non-hydrogen) atoms. The third kappa shape index (κ3) is 3.67. The van der Waals surface area contributed by atoms with Crippen LogP contribution in [0.1, 0.15) is 26.2 Å². The van der Waals surface area contributed by atoms with Gasteiger partial charge in [0.2, 0.25) is 5.91 Å². The summed E-state index contributed by atoms with van der Waals surface area (Å²) >= 11 is 0. The number of piperidine rings is 1. The SMILES string of the molecule is CCN1CCN(CC(=O)N2CCC3(CCNC3)CC2)C(=O)C1=O.Cl. The lowest BCUT2D eigenvalue weighted by molar-refractivity contribution is -0.157. The molecular formula is C16H27ClN4O3. The van der Waals surface area contributed by atoms with Crippen LogP contribution in [0.3, 0.4) is 0 Å². The molecule has 0 aromatic heterocycles. The zero-order chi connectivity index (χ0) is 16.4. The lowest BCUT2D eigenvalue weighted by Gasteiger charge is -2.40. The molecule has 0 aliphatic carbocycles. The van der Waals surface area contributed by atoms with Gasteiger partial charge in [0.1, 0.15) is 6.54 Å². The Labute approximate surface area is 149 Å². The van der Waals surface area contributed by atoms with Gasteiger partial charge in [-0.25, -0.2) is 0 Å². The van der Waals surface area contributed by atoms with E-state index in [-0.39, 0.29) is 24.9 Å². The van der Waals surface area contributed by atoms with Crippen LogP contribution in [0.2, 0.25) is 0 Å². The van der Waals surface area contributed by atoms with Crippen LogP contribution in [-0.2, 0) is 14.4 Å². The van der Waals surface area contributed by atoms with Gasteiger partial charge in [-0.1, -0.05) is 0 Å². The molecule has 0 aromatic rings. The molecule has 1 N–H and O–H groups in total. The smallest absolute Gasteiger partial charge is 0.312 e. The van der Waals surface area contributed by atoms with Crippen molar-refractivity contribution < 1.29 is 14.4 Å². The van der Waals surface area contributed by atoms with E-state index in [2.05, 4.69) is 5.32 Å². The van der Waals surface area contributed by atoms with Gasteiger partial charge in [0, 0.05) is 39.3 Å². The van der Waals surface area contributed by atoms with Crippen molar-refractivity contribution in [3.8, 4) is 0 Å². The molecule has 3 saturated heterocycles. The average molecular weight is 359 g/mol. The Bertz CT molecular complexity index is 498. The minimum absolute atomic E-state index is 0. The van der Waals surface area contributed by atoms with Crippen LogP contribution in [-0.4, -0.2) is 84.8 Å². The maximum absolute atomic E-state index is 12.5. The first-order chi connectivity index (χ1) is 11.0. The fraction of sp³-hybridized carbons (Fsp3) is 0.812. The highest BCUT2D eigenvalue weighted by atomic mass is 35.5. The molecule has 1 spiro atoms. The van der Waals surface area contributed by atoms with E-state index in [1.54, 1.807) is 0 Å². The summed E-state index contributed by atoms with van der Waals surface area (Å²) < 4.78 is 0. The number of nitrogens with zero attached hydrogens (tertiary/aromatic N) is 3. The van der Waals surface area contributed by atoms with Crippen molar-refractivity contribution in [3.63, 3.8) is 0 Å². The van der Waals surface area contributed by atoms with Gasteiger partial charge in [0.25, 0.3) is 0 Å². The Hall–Kier alpha value is -1.34. The number of rotatable bonds is 3. The lowest BCUT2D eigenvalue weighted by Crippen LogP contribution is -2.57. The Morgan fingerprint density at radius 1 is 1.04 bits per heavy atom. The van der Waals surface area contributed by atoms with E-state index < -0.39 is 11.8 Å². The fourth-order valence-corrected chi connectivity index (χ4v) is 3.88. The van der Waals surface area contributed by atoms with Gasteiger partial charge in [-0.2, -0.15) is 0 Å². The number of halogens is 1. The van der Waals surface area contributed by atoms with E-state index in [0.29, 0.717) is 25.0 Å². The number of likely N-dealkylation sites (tertiary alicyclic amines) is 1. The minimum atomic E-state index is -0.542. The minimum Gasteiger partial charge on any atom is -0.341 e. The Balaban J connectivity index is 0.00000208. The van der Waals surface area contributed by atoms with Crippen molar-refractivity contribution >= 4 is 30.1 Å². The molecule has 3 aliphatic heterocycles. The van der Waals surface area contributed by atoms with Gasteiger partial charge in [-0.15, -0.1) is 12.4 Å². The van der Waals surface area contributed by atoms with Gasteiger partial charge >= 0.3 is 11.8 Å². The average Bonchev–Trinajstić information content (AvgIpc) is 3.01. The summed E-state index contributed by atoms with van der Waals surface area (Å²) in [7, 11) is 0. The molecule has 3 heterocycles. The highest BCUT2D eigenvalue weighted by Crippen LogP contribution is 2.36. The van der Waals surface area contributed by atoms with Crippen molar-refractivity contribution in [2.24, 2.45) is 5.41 Å². The summed E-state index contributed by atoms with van der Waals surface area (Å²) in [6.07, 6.45) is 3.26. The van der Waals surface area contributed by atoms with Crippen LogP contribution >= 0.6 is 12.4 Å². The quantitative estimate of drug-likeness (QED) is 0.703. The normalized spacial score (nSPS) is 23.6. The molecule has 0 bridgehead atoms. The molecule has 0 atom stereocenters.